The quantitative estimate of drug-likeness (QED) is 0.835. The largest absolute Gasteiger partial charge is 0.378 e. The summed E-state index contributed by atoms with van der Waals surface area (Å²) in [7, 11) is 0. The second-order valence-corrected chi connectivity index (χ2v) is 7.82. The molecule has 106 valence electrons. The van der Waals surface area contributed by atoms with E-state index in [4.69, 9.17) is 17.3 Å². The van der Waals surface area contributed by atoms with Crippen molar-refractivity contribution in [1.82, 2.24) is 0 Å². The van der Waals surface area contributed by atoms with Crippen molar-refractivity contribution in [1.29, 1.82) is 0 Å². The summed E-state index contributed by atoms with van der Waals surface area (Å²) in [6.45, 7) is 7.56. The van der Waals surface area contributed by atoms with Gasteiger partial charge in [0.25, 0.3) is 0 Å². The highest BCUT2D eigenvalue weighted by atomic mass is 79.9. The third kappa shape index (κ3) is 3.09. The summed E-state index contributed by atoms with van der Waals surface area (Å²) in [4.78, 5) is 0. The van der Waals surface area contributed by atoms with Crippen molar-refractivity contribution < 1.29 is 0 Å². The Balaban J connectivity index is 2.26. The number of nitrogens with one attached hydrogen (secondary N) is 1. The van der Waals surface area contributed by atoms with Crippen molar-refractivity contribution >= 4 is 33.2 Å². The molecule has 0 heterocycles. The van der Waals surface area contributed by atoms with Crippen LogP contribution in [-0.4, -0.2) is 12.1 Å². The van der Waals surface area contributed by atoms with Crippen molar-refractivity contribution in [2.75, 3.05) is 11.9 Å². The molecule has 19 heavy (non-hydrogen) atoms. The maximum Gasteiger partial charge on any atom is 0.0568 e. The van der Waals surface area contributed by atoms with Gasteiger partial charge in [0.2, 0.25) is 0 Å². The molecule has 1 aliphatic rings. The normalized spacial score (nSPS) is 29.5. The van der Waals surface area contributed by atoms with Crippen LogP contribution in [-0.2, 0) is 0 Å². The molecule has 2 nitrogen and oxygen atoms in total. The number of nitrogens with two attached hydrogens (primary N) is 1. The van der Waals surface area contributed by atoms with E-state index in [0.29, 0.717) is 17.9 Å². The fourth-order valence-electron chi connectivity index (χ4n) is 3.48. The van der Waals surface area contributed by atoms with Gasteiger partial charge in [0.15, 0.2) is 0 Å². The van der Waals surface area contributed by atoms with E-state index in [1.165, 1.54) is 6.42 Å². The van der Waals surface area contributed by atoms with Gasteiger partial charge in [-0.05, 0) is 58.3 Å². The average molecular weight is 346 g/mol. The molecule has 0 aliphatic heterocycles. The summed E-state index contributed by atoms with van der Waals surface area (Å²) in [6, 6.07) is 5.98. The molecule has 0 aromatic heterocycles. The van der Waals surface area contributed by atoms with Crippen molar-refractivity contribution in [2.24, 2.45) is 17.1 Å². The minimum absolute atomic E-state index is 0.0271. The first-order chi connectivity index (χ1) is 8.78. The maximum atomic E-state index is 6.16. The smallest absolute Gasteiger partial charge is 0.0568 e. The Kier molecular flexibility index (Phi) is 4.20. The van der Waals surface area contributed by atoms with Gasteiger partial charge in [-0.2, -0.15) is 0 Å². The number of hydrogen-bond donors (Lipinski definition) is 2. The lowest BCUT2D eigenvalue weighted by Crippen LogP contribution is -2.48. The molecule has 2 atom stereocenters. The Morgan fingerprint density at radius 1 is 1.47 bits per heavy atom. The summed E-state index contributed by atoms with van der Waals surface area (Å²) in [5.41, 5.74) is 7.45. The Bertz CT molecular complexity index is 475. The Labute approximate surface area is 129 Å². The molecule has 1 saturated carbocycles. The molecule has 0 saturated heterocycles. The van der Waals surface area contributed by atoms with Gasteiger partial charge in [-0.25, -0.2) is 0 Å². The number of anilines is 1. The average Bonchev–Trinajstić information content (AvgIpc) is 2.54. The van der Waals surface area contributed by atoms with Crippen LogP contribution in [0.25, 0.3) is 0 Å². The Morgan fingerprint density at radius 2 is 2.16 bits per heavy atom. The molecule has 2 rings (SSSR count). The van der Waals surface area contributed by atoms with E-state index >= 15 is 0 Å². The predicted octanol–water partition coefficient (Wildman–Crippen LogP) is 4.67. The molecular weight excluding hydrogens is 324 g/mol. The lowest BCUT2D eigenvalue weighted by molar-refractivity contribution is 0.350. The highest BCUT2D eigenvalue weighted by Gasteiger charge is 2.47. The van der Waals surface area contributed by atoms with Crippen LogP contribution in [0.4, 0.5) is 5.69 Å². The molecule has 0 bridgehead atoms. The molecule has 0 amide bonds. The van der Waals surface area contributed by atoms with Crippen LogP contribution in [0.5, 0.6) is 0 Å². The molecule has 1 aromatic carbocycles. The van der Waals surface area contributed by atoms with Crippen LogP contribution in [0.15, 0.2) is 22.7 Å². The van der Waals surface area contributed by atoms with Crippen molar-refractivity contribution in [3.8, 4) is 0 Å². The molecule has 2 unspecified atom stereocenters. The Hall–Kier alpha value is -0.250. The summed E-state index contributed by atoms with van der Waals surface area (Å²) in [5, 5.41) is 4.37. The number of hydrogen-bond acceptors (Lipinski definition) is 2. The summed E-state index contributed by atoms with van der Waals surface area (Å²) in [6.07, 6.45) is 2.28. The van der Waals surface area contributed by atoms with Gasteiger partial charge in [-0.15, -0.1) is 0 Å². The minimum Gasteiger partial charge on any atom is -0.378 e. The predicted molar refractivity (Wildman–Crippen MR) is 86.7 cm³/mol. The Morgan fingerprint density at radius 3 is 2.63 bits per heavy atom. The topological polar surface area (TPSA) is 38.0 Å². The summed E-state index contributed by atoms with van der Waals surface area (Å²) in [5.74, 6) is 0.551. The first-order valence-electron chi connectivity index (χ1n) is 6.71. The minimum atomic E-state index is -0.0271. The molecular formula is C15H22BrClN2. The first kappa shape index (κ1) is 15.1. The van der Waals surface area contributed by atoms with Gasteiger partial charge in [0, 0.05) is 16.7 Å². The molecule has 1 fully saturated rings. The molecule has 1 aliphatic carbocycles. The van der Waals surface area contributed by atoms with Crippen molar-refractivity contribution in [3.05, 3.63) is 27.7 Å². The standard InChI is InChI=1S/C15H22BrClN2/c1-10-7-14(2,3)8-15(10,9-18)19-11-4-5-12(16)13(17)6-11/h4-6,10,19H,7-9,18H2,1-3H3. The zero-order valence-electron chi connectivity index (χ0n) is 11.8. The zero-order chi connectivity index (χ0) is 14.3. The molecule has 0 radical (unpaired) electrons. The SMILES string of the molecule is CC1CC(C)(C)CC1(CN)Nc1ccc(Br)c(Cl)c1. The van der Waals surface area contributed by atoms with E-state index in [1.807, 2.05) is 18.2 Å². The van der Waals surface area contributed by atoms with E-state index in [1.54, 1.807) is 0 Å². The number of rotatable bonds is 3. The van der Waals surface area contributed by atoms with Crippen LogP contribution < -0.4 is 11.1 Å². The second kappa shape index (κ2) is 5.27. The molecule has 4 heteroatoms. The van der Waals surface area contributed by atoms with Crippen LogP contribution in [0.3, 0.4) is 0 Å². The third-order valence-corrected chi connectivity index (χ3v) is 5.51. The number of halogens is 2. The van der Waals surface area contributed by atoms with E-state index in [9.17, 15) is 0 Å². The molecule has 3 N–H and O–H groups in total. The van der Waals surface area contributed by atoms with Crippen molar-refractivity contribution in [3.63, 3.8) is 0 Å². The van der Waals surface area contributed by atoms with Gasteiger partial charge in [-0.1, -0.05) is 32.4 Å². The van der Waals surface area contributed by atoms with Gasteiger partial charge in [0.1, 0.15) is 0 Å². The van der Waals surface area contributed by atoms with Gasteiger partial charge in [-0.3, -0.25) is 0 Å². The zero-order valence-corrected chi connectivity index (χ0v) is 14.1. The van der Waals surface area contributed by atoms with Crippen LogP contribution in [0, 0.1) is 11.3 Å². The highest BCUT2D eigenvalue weighted by Crippen LogP contribution is 2.48. The van der Waals surface area contributed by atoms with E-state index in [-0.39, 0.29) is 5.54 Å². The van der Waals surface area contributed by atoms with Gasteiger partial charge in [0.05, 0.1) is 10.6 Å². The highest BCUT2D eigenvalue weighted by molar-refractivity contribution is 9.10. The summed E-state index contributed by atoms with van der Waals surface area (Å²) >= 11 is 9.58. The molecule has 0 spiro atoms. The molecule has 1 aromatic rings. The van der Waals surface area contributed by atoms with E-state index in [0.717, 1.165) is 21.6 Å². The van der Waals surface area contributed by atoms with E-state index < -0.39 is 0 Å². The van der Waals surface area contributed by atoms with Crippen LogP contribution in [0.1, 0.15) is 33.6 Å². The maximum absolute atomic E-state index is 6.16. The second-order valence-electron chi connectivity index (χ2n) is 6.56. The monoisotopic (exact) mass is 344 g/mol. The lowest BCUT2D eigenvalue weighted by atomic mass is 9.86. The lowest BCUT2D eigenvalue weighted by Gasteiger charge is -2.35. The van der Waals surface area contributed by atoms with Crippen LogP contribution in [0.2, 0.25) is 5.02 Å². The third-order valence-electron chi connectivity index (χ3n) is 4.27. The van der Waals surface area contributed by atoms with Gasteiger partial charge < -0.3 is 11.1 Å². The van der Waals surface area contributed by atoms with Crippen molar-refractivity contribution in [2.45, 2.75) is 39.2 Å². The number of benzene rings is 1. The summed E-state index contributed by atoms with van der Waals surface area (Å²) < 4.78 is 0.918. The van der Waals surface area contributed by atoms with E-state index in [2.05, 4.69) is 42.0 Å². The van der Waals surface area contributed by atoms with Crippen LogP contribution >= 0.6 is 27.5 Å². The van der Waals surface area contributed by atoms with Gasteiger partial charge >= 0.3 is 0 Å². The fourth-order valence-corrected chi connectivity index (χ4v) is 3.90. The fraction of sp³-hybridized carbons (Fsp3) is 0.600. The first-order valence-corrected chi connectivity index (χ1v) is 7.88.